The number of ether oxygens (including phenoxy) is 1. The molecule has 6 heteroatoms. The summed E-state index contributed by atoms with van der Waals surface area (Å²) in [5, 5.41) is 10.1. The number of aromatic nitrogens is 2. The van der Waals surface area contributed by atoms with Crippen molar-refractivity contribution >= 4 is 28.1 Å². The van der Waals surface area contributed by atoms with Crippen LogP contribution in [0.1, 0.15) is 11.9 Å². The van der Waals surface area contributed by atoms with Gasteiger partial charge in [0.2, 0.25) is 5.13 Å². The highest BCUT2D eigenvalue weighted by molar-refractivity contribution is 7.15. The van der Waals surface area contributed by atoms with Gasteiger partial charge in [0, 0.05) is 6.54 Å². The lowest BCUT2D eigenvalue weighted by Gasteiger charge is -2.36. The molecule has 1 aromatic heterocycles. The van der Waals surface area contributed by atoms with Crippen LogP contribution in [0, 0.1) is 6.92 Å². The van der Waals surface area contributed by atoms with Crippen molar-refractivity contribution in [2.75, 3.05) is 23.9 Å². The SMILES string of the molecule is Cc1nnc(N2CC(CCl)OCC2C)s1. The van der Waals surface area contributed by atoms with E-state index in [1.807, 2.05) is 6.92 Å². The third-order valence-corrected chi connectivity index (χ3v) is 3.66. The number of halogens is 1. The minimum atomic E-state index is 0.104. The first kappa shape index (κ1) is 11.1. The van der Waals surface area contributed by atoms with Crippen LogP contribution in [0.2, 0.25) is 0 Å². The molecule has 84 valence electrons. The van der Waals surface area contributed by atoms with Crippen molar-refractivity contribution in [3.8, 4) is 0 Å². The number of hydrogen-bond acceptors (Lipinski definition) is 5. The Labute approximate surface area is 98.2 Å². The first-order valence-corrected chi connectivity index (χ1v) is 6.30. The lowest BCUT2D eigenvalue weighted by molar-refractivity contribution is 0.0364. The summed E-state index contributed by atoms with van der Waals surface area (Å²) in [6.45, 7) is 5.60. The summed E-state index contributed by atoms with van der Waals surface area (Å²) in [6, 6.07) is 0.344. The summed E-state index contributed by atoms with van der Waals surface area (Å²) < 4.78 is 5.58. The van der Waals surface area contributed by atoms with Gasteiger partial charge in [0.1, 0.15) is 5.01 Å². The number of rotatable bonds is 2. The second kappa shape index (κ2) is 4.63. The van der Waals surface area contributed by atoms with Gasteiger partial charge < -0.3 is 9.64 Å². The number of nitrogens with zero attached hydrogens (tertiary/aromatic N) is 3. The zero-order valence-corrected chi connectivity index (χ0v) is 10.4. The van der Waals surface area contributed by atoms with Crippen molar-refractivity contribution in [2.24, 2.45) is 0 Å². The average Bonchev–Trinajstić information content (AvgIpc) is 2.65. The molecule has 2 rings (SSSR count). The quantitative estimate of drug-likeness (QED) is 0.746. The summed E-state index contributed by atoms with van der Waals surface area (Å²) in [4.78, 5) is 2.22. The van der Waals surface area contributed by atoms with E-state index in [1.54, 1.807) is 11.3 Å². The zero-order valence-electron chi connectivity index (χ0n) is 8.81. The number of aryl methyl sites for hydroxylation is 1. The summed E-state index contributed by atoms with van der Waals surface area (Å²) in [5.41, 5.74) is 0. The third-order valence-electron chi connectivity index (χ3n) is 2.44. The smallest absolute Gasteiger partial charge is 0.208 e. The van der Waals surface area contributed by atoms with E-state index in [-0.39, 0.29) is 6.10 Å². The number of morpholine rings is 1. The van der Waals surface area contributed by atoms with Gasteiger partial charge in [-0.25, -0.2) is 0 Å². The molecule has 1 fully saturated rings. The maximum Gasteiger partial charge on any atom is 0.208 e. The van der Waals surface area contributed by atoms with Gasteiger partial charge in [-0.2, -0.15) is 0 Å². The van der Waals surface area contributed by atoms with Crippen LogP contribution in [-0.4, -0.2) is 41.4 Å². The summed E-state index contributed by atoms with van der Waals surface area (Å²) in [7, 11) is 0. The lowest BCUT2D eigenvalue weighted by Crippen LogP contribution is -2.49. The Morgan fingerprint density at radius 1 is 1.60 bits per heavy atom. The Hall–Kier alpha value is -0.390. The molecule has 1 aromatic rings. The van der Waals surface area contributed by atoms with Crippen LogP contribution in [0.4, 0.5) is 5.13 Å². The Bertz CT molecular complexity index is 333. The van der Waals surface area contributed by atoms with Gasteiger partial charge in [-0.1, -0.05) is 11.3 Å². The van der Waals surface area contributed by atoms with Crippen molar-refractivity contribution in [3.05, 3.63) is 5.01 Å². The molecule has 2 unspecified atom stereocenters. The van der Waals surface area contributed by atoms with Gasteiger partial charge in [-0.05, 0) is 13.8 Å². The van der Waals surface area contributed by atoms with E-state index in [2.05, 4.69) is 22.0 Å². The first-order chi connectivity index (χ1) is 7.20. The fraction of sp³-hybridized carbons (Fsp3) is 0.778. The van der Waals surface area contributed by atoms with Gasteiger partial charge in [0.05, 0.1) is 24.6 Å². The fourth-order valence-electron chi connectivity index (χ4n) is 1.58. The van der Waals surface area contributed by atoms with Crippen molar-refractivity contribution in [2.45, 2.75) is 26.0 Å². The van der Waals surface area contributed by atoms with E-state index < -0.39 is 0 Å². The molecule has 0 spiro atoms. The van der Waals surface area contributed by atoms with Gasteiger partial charge >= 0.3 is 0 Å². The first-order valence-electron chi connectivity index (χ1n) is 4.95. The lowest BCUT2D eigenvalue weighted by atomic mass is 10.2. The van der Waals surface area contributed by atoms with Gasteiger partial charge in [0.15, 0.2) is 0 Å². The van der Waals surface area contributed by atoms with E-state index >= 15 is 0 Å². The van der Waals surface area contributed by atoms with Crippen molar-refractivity contribution in [1.82, 2.24) is 10.2 Å². The highest BCUT2D eigenvalue weighted by atomic mass is 35.5. The molecular weight excluding hydrogens is 234 g/mol. The van der Waals surface area contributed by atoms with Gasteiger partial charge in [0.25, 0.3) is 0 Å². The molecule has 0 N–H and O–H groups in total. The molecule has 0 saturated carbocycles. The Kier molecular flexibility index (Phi) is 3.43. The van der Waals surface area contributed by atoms with Crippen molar-refractivity contribution in [3.63, 3.8) is 0 Å². The van der Waals surface area contributed by atoms with Crippen molar-refractivity contribution in [1.29, 1.82) is 0 Å². The minimum absolute atomic E-state index is 0.104. The molecule has 0 aliphatic carbocycles. The third kappa shape index (κ3) is 2.41. The number of anilines is 1. The maximum atomic E-state index is 5.80. The second-order valence-electron chi connectivity index (χ2n) is 3.71. The highest BCUT2D eigenvalue weighted by Gasteiger charge is 2.27. The van der Waals surface area contributed by atoms with Gasteiger partial charge in [-0.3, -0.25) is 0 Å². The van der Waals surface area contributed by atoms with Crippen LogP contribution in [0.3, 0.4) is 0 Å². The number of alkyl halides is 1. The number of hydrogen-bond donors (Lipinski definition) is 0. The topological polar surface area (TPSA) is 38.2 Å². The molecule has 4 nitrogen and oxygen atoms in total. The summed E-state index contributed by atoms with van der Waals surface area (Å²) in [6.07, 6.45) is 0.104. The van der Waals surface area contributed by atoms with Crippen LogP contribution >= 0.6 is 22.9 Å². The molecule has 0 amide bonds. The molecule has 0 radical (unpaired) electrons. The Morgan fingerprint density at radius 3 is 3.00 bits per heavy atom. The van der Waals surface area contributed by atoms with Crippen molar-refractivity contribution < 1.29 is 4.74 Å². The van der Waals surface area contributed by atoms with E-state index in [9.17, 15) is 0 Å². The Morgan fingerprint density at radius 2 is 2.40 bits per heavy atom. The predicted molar refractivity (Wildman–Crippen MR) is 61.9 cm³/mol. The van der Waals surface area contributed by atoms with E-state index in [1.165, 1.54) is 0 Å². The minimum Gasteiger partial charge on any atom is -0.373 e. The summed E-state index contributed by atoms with van der Waals surface area (Å²) >= 11 is 7.42. The maximum absolute atomic E-state index is 5.80. The molecule has 0 aromatic carbocycles. The molecule has 2 heterocycles. The zero-order chi connectivity index (χ0) is 10.8. The van der Waals surface area contributed by atoms with Crippen LogP contribution < -0.4 is 4.90 Å². The Balaban J connectivity index is 2.12. The van der Waals surface area contributed by atoms with Crippen LogP contribution in [0.5, 0.6) is 0 Å². The molecule has 1 saturated heterocycles. The fourth-order valence-corrected chi connectivity index (χ4v) is 2.57. The average molecular weight is 248 g/mol. The molecule has 1 aliphatic heterocycles. The largest absolute Gasteiger partial charge is 0.373 e. The predicted octanol–water partition coefficient (Wildman–Crippen LogP) is 1.68. The van der Waals surface area contributed by atoms with Crippen LogP contribution in [0.15, 0.2) is 0 Å². The van der Waals surface area contributed by atoms with E-state index in [4.69, 9.17) is 16.3 Å². The molecule has 1 aliphatic rings. The molecular formula is C9H14ClN3OS. The second-order valence-corrected chi connectivity index (χ2v) is 5.18. The highest BCUT2D eigenvalue weighted by Crippen LogP contribution is 2.25. The van der Waals surface area contributed by atoms with Crippen LogP contribution in [-0.2, 0) is 4.74 Å². The summed E-state index contributed by atoms with van der Waals surface area (Å²) in [5.74, 6) is 0.529. The van der Waals surface area contributed by atoms with Gasteiger partial charge in [-0.15, -0.1) is 21.8 Å². The molecule has 2 atom stereocenters. The van der Waals surface area contributed by atoms with E-state index in [0.29, 0.717) is 18.5 Å². The monoisotopic (exact) mass is 247 g/mol. The normalized spacial score (nSPS) is 27.0. The van der Waals surface area contributed by atoms with E-state index in [0.717, 1.165) is 16.7 Å². The molecule has 0 bridgehead atoms. The standard InChI is InChI=1S/C9H14ClN3OS/c1-6-5-14-8(3-10)4-13(6)9-12-11-7(2)15-9/h6,8H,3-5H2,1-2H3. The van der Waals surface area contributed by atoms with Crippen LogP contribution in [0.25, 0.3) is 0 Å². The molecule has 15 heavy (non-hydrogen) atoms.